The summed E-state index contributed by atoms with van der Waals surface area (Å²) < 4.78 is 26.3. The second kappa shape index (κ2) is 5.48. The molecule has 0 bridgehead atoms. The van der Waals surface area contributed by atoms with Gasteiger partial charge in [0.2, 0.25) is 0 Å². The van der Waals surface area contributed by atoms with E-state index in [2.05, 4.69) is 12.2 Å². The van der Waals surface area contributed by atoms with Crippen LogP contribution in [0, 0.1) is 17.6 Å². The molecule has 1 nitrogen and oxygen atoms in total. The van der Waals surface area contributed by atoms with Crippen LogP contribution in [0.1, 0.15) is 39.0 Å². The minimum absolute atomic E-state index is 0.327. The number of hydrogen-bond acceptors (Lipinski definition) is 1. The van der Waals surface area contributed by atoms with E-state index in [1.807, 2.05) is 0 Å². The Hall–Kier alpha value is -1.12. The number of nitrogens with one attached hydrogen (secondary N) is 1. The van der Waals surface area contributed by atoms with Crippen molar-refractivity contribution in [2.75, 3.05) is 5.32 Å². The quantitative estimate of drug-likeness (QED) is 0.827. The third-order valence-electron chi connectivity index (χ3n) is 3.65. The summed E-state index contributed by atoms with van der Waals surface area (Å²) in [6, 6.07) is 4.04. The topological polar surface area (TPSA) is 12.0 Å². The predicted octanol–water partition coefficient (Wildman–Crippen LogP) is 4.35. The summed E-state index contributed by atoms with van der Waals surface area (Å²) in [5, 5.41) is 3.20. The molecule has 1 saturated carbocycles. The van der Waals surface area contributed by atoms with Crippen LogP contribution >= 0.6 is 0 Å². The molecule has 2 unspecified atom stereocenters. The van der Waals surface area contributed by atoms with Crippen molar-refractivity contribution in [2.45, 2.75) is 45.1 Å². The lowest BCUT2D eigenvalue weighted by Gasteiger charge is -2.29. The minimum atomic E-state index is -0.525. The van der Waals surface area contributed by atoms with Crippen molar-refractivity contribution in [3.63, 3.8) is 0 Å². The van der Waals surface area contributed by atoms with Gasteiger partial charge in [-0.15, -0.1) is 0 Å². The molecule has 1 aromatic rings. The van der Waals surface area contributed by atoms with Crippen molar-refractivity contribution in [1.82, 2.24) is 0 Å². The maximum absolute atomic E-state index is 13.5. The summed E-state index contributed by atoms with van der Waals surface area (Å²) in [7, 11) is 0. The largest absolute Gasteiger partial charge is 0.380 e. The van der Waals surface area contributed by atoms with E-state index >= 15 is 0 Å². The molecule has 0 spiro atoms. The molecular formula is C14H19F2N. The molecule has 2 rings (SSSR count). The molecule has 1 aromatic carbocycles. The van der Waals surface area contributed by atoms with Gasteiger partial charge in [-0.3, -0.25) is 0 Å². The molecular weight excluding hydrogens is 220 g/mol. The Labute approximate surface area is 101 Å². The number of rotatable bonds is 3. The molecule has 0 aliphatic heterocycles. The molecule has 1 aliphatic carbocycles. The van der Waals surface area contributed by atoms with Crippen LogP contribution in [0.5, 0.6) is 0 Å². The van der Waals surface area contributed by atoms with Crippen LogP contribution in [0.15, 0.2) is 18.2 Å². The number of benzene rings is 1. The van der Waals surface area contributed by atoms with Gasteiger partial charge in [0.15, 0.2) is 0 Å². The van der Waals surface area contributed by atoms with Crippen LogP contribution in [-0.2, 0) is 0 Å². The summed E-state index contributed by atoms with van der Waals surface area (Å²) in [4.78, 5) is 0. The van der Waals surface area contributed by atoms with E-state index in [1.54, 1.807) is 0 Å². The van der Waals surface area contributed by atoms with Crippen LogP contribution in [0.2, 0.25) is 0 Å². The van der Waals surface area contributed by atoms with Crippen molar-refractivity contribution in [1.29, 1.82) is 0 Å². The monoisotopic (exact) mass is 239 g/mol. The zero-order valence-corrected chi connectivity index (χ0v) is 10.2. The third kappa shape index (κ3) is 3.18. The minimum Gasteiger partial charge on any atom is -0.380 e. The Morgan fingerprint density at radius 1 is 1.29 bits per heavy atom. The Morgan fingerprint density at radius 3 is 2.82 bits per heavy atom. The predicted molar refractivity (Wildman–Crippen MR) is 66.0 cm³/mol. The van der Waals surface area contributed by atoms with Gasteiger partial charge in [0.1, 0.15) is 11.6 Å². The average Bonchev–Trinajstić information content (AvgIpc) is 2.33. The van der Waals surface area contributed by atoms with Crippen molar-refractivity contribution in [3.8, 4) is 0 Å². The molecule has 94 valence electrons. The molecule has 1 fully saturated rings. The molecule has 3 heteroatoms. The van der Waals surface area contributed by atoms with E-state index < -0.39 is 11.6 Å². The summed E-state index contributed by atoms with van der Waals surface area (Å²) in [6.45, 7) is 2.20. The van der Waals surface area contributed by atoms with Crippen LogP contribution in [-0.4, -0.2) is 6.04 Å². The normalized spacial score (nSPS) is 24.6. The molecule has 17 heavy (non-hydrogen) atoms. The Bertz CT molecular complexity index is 378. The second-order valence-electron chi connectivity index (χ2n) is 4.91. The van der Waals surface area contributed by atoms with E-state index in [4.69, 9.17) is 0 Å². The van der Waals surface area contributed by atoms with Gasteiger partial charge in [-0.25, -0.2) is 8.78 Å². The first-order valence-electron chi connectivity index (χ1n) is 6.40. The van der Waals surface area contributed by atoms with E-state index in [1.165, 1.54) is 31.4 Å². The summed E-state index contributed by atoms with van der Waals surface area (Å²) in [6.07, 6.45) is 5.82. The van der Waals surface area contributed by atoms with Gasteiger partial charge in [0.05, 0.1) is 5.69 Å². The molecule has 1 N–H and O–H groups in total. The average molecular weight is 239 g/mol. The van der Waals surface area contributed by atoms with Crippen molar-refractivity contribution < 1.29 is 8.78 Å². The van der Waals surface area contributed by atoms with Gasteiger partial charge in [-0.05, 0) is 30.9 Å². The fourth-order valence-electron chi connectivity index (χ4n) is 2.62. The van der Waals surface area contributed by atoms with Crippen LogP contribution in [0.4, 0.5) is 14.5 Å². The standard InChI is InChI=1S/C14H19F2N/c1-2-10-4-3-5-12(8-10)17-14-7-6-11(15)9-13(14)16/h6-7,9-10,12,17H,2-5,8H2,1H3. The Balaban J connectivity index is 2.00. The Kier molecular flexibility index (Phi) is 3.97. The van der Waals surface area contributed by atoms with Crippen LogP contribution in [0.25, 0.3) is 0 Å². The first-order chi connectivity index (χ1) is 8.19. The highest BCUT2D eigenvalue weighted by atomic mass is 19.1. The van der Waals surface area contributed by atoms with Gasteiger partial charge in [-0.2, -0.15) is 0 Å². The first kappa shape index (κ1) is 12.3. The molecule has 0 heterocycles. The molecule has 2 atom stereocenters. The van der Waals surface area contributed by atoms with E-state index in [-0.39, 0.29) is 0 Å². The van der Waals surface area contributed by atoms with Crippen LogP contribution in [0.3, 0.4) is 0 Å². The summed E-state index contributed by atoms with van der Waals surface area (Å²) >= 11 is 0. The number of halogens is 2. The first-order valence-corrected chi connectivity index (χ1v) is 6.40. The van der Waals surface area contributed by atoms with E-state index in [0.717, 1.165) is 24.8 Å². The van der Waals surface area contributed by atoms with E-state index in [9.17, 15) is 8.78 Å². The van der Waals surface area contributed by atoms with Crippen molar-refractivity contribution in [2.24, 2.45) is 5.92 Å². The second-order valence-corrected chi connectivity index (χ2v) is 4.91. The molecule has 1 aliphatic rings. The summed E-state index contributed by atoms with van der Waals surface area (Å²) in [5.74, 6) is -0.281. The third-order valence-corrected chi connectivity index (χ3v) is 3.65. The van der Waals surface area contributed by atoms with Gasteiger partial charge < -0.3 is 5.32 Å². The summed E-state index contributed by atoms with van der Waals surface area (Å²) in [5.41, 5.74) is 0.424. The van der Waals surface area contributed by atoms with Gasteiger partial charge in [0, 0.05) is 12.1 Å². The zero-order chi connectivity index (χ0) is 12.3. The zero-order valence-electron chi connectivity index (χ0n) is 10.2. The molecule has 0 amide bonds. The lowest BCUT2D eigenvalue weighted by atomic mass is 9.84. The molecule has 0 saturated heterocycles. The van der Waals surface area contributed by atoms with Crippen molar-refractivity contribution in [3.05, 3.63) is 29.8 Å². The fourth-order valence-corrected chi connectivity index (χ4v) is 2.62. The lowest BCUT2D eigenvalue weighted by Crippen LogP contribution is -2.27. The number of anilines is 1. The molecule has 0 radical (unpaired) electrons. The highest BCUT2D eigenvalue weighted by Gasteiger charge is 2.21. The van der Waals surface area contributed by atoms with Gasteiger partial charge >= 0.3 is 0 Å². The SMILES string of the molecule is CCC1CCCC(Nc2ccc(F)cc2F)C1. The van der Waals surface area contributed by atoms with Gasteiger partial charge in [0.25, 0.3) is 0 Å². The Morgan fingerprint density at radius 2 is 2.12 bits per heavy atom. The lowest BCUT2D eigenvalue weighted by molar-refractivity contribution is 0.327. The van der Waals surface area contributed by atoms with E-state index in [0.29, 0.717) is 11.7 Å². The van der Waals surface area contributed by atoms with Gasteiger partial charge in [-0.1, -0.05) is 26.2 Å². The maximum atomic E-state index is 13.5. The highest BCUT2D eigenvalue weighted by molar-refractivity contribution is 5.45. The fraction of sp³-hybridized carbons (Fsp3) is 0.571. The molecule has 0 aromatic heterocycles. The van der Waals surface area contributed by atoms with Crippen LogP contribution < -0.4 is 5.32 Å². The maximum Gasteiger partial charge on any atom is 0.149 e. The number of hydrogen-bond donors (Lipinski definition) is 1. The smallest absolute Gasteiger partial charge is 0.149 e. The van der Waals surface area contributed by atoms with Crippen molar-refractivity contribution >= 4 is 5.69 Å². The highest BCUT2D eigenvalue weighted by Crippen LogP contribution is 2.29.